The van der Waals surface area contributed by atoms with Gasteiger partial charge < -0.3 is 10.2 Å². The number of hydrogen-bond acceptors (Lipinski definition) is 4. The number of rotatable bonds is 5. The number of halogens is 1. The first-order valence-corrected chi connectivity index (χ1v) is 8.51. The van der Waals surface area contributed by atoms with Gasteiger partial charge in [-0.15, -0.1) is 11.3 Å². The quantitative estimate of drug-likeness (QED) is 0.910. The van der Waals surface area contributed by atoms with Crippen LogP contribution in [0.15, 0.2) is 29.8 Å². The Kier molecular flexibility index (Phi) is 4.19. The molecule has 0 unspecified atom stereocenters. The van der Waals surface area contributed by atoms with Crippen molar-refractivity contribution in [3.8, 4) is 0 Å². The third kappa shape index (κ3) is 2.75. The molecule has 0 saturated heterocycles. The highest BCUT2D eigenvalue weighted by Gasteiger charge is 2.40. The van der Waals surface area contributed by atoms with Crippen molar-refractivity contribution < 1.29 is 4.39 Å². The first kappa shape index (κ1) is 15.4. The number of thiophene rings is 1. The number of nitrogens with one attached hydrogen (secondary N) is 1. The number of fused-ring (bicyclic) bond motifs is 1. The average Bonchev–Trinajstić information content (AvgIpc) is 3.07. The molecule has 0 spiro atoms. The molecule has 0 bridgehead atoms. The Bertz CT molecular complexity index is 639. The topological polar surface area (TPSA) is 28.2 Å². The summed E-state index contributed by atoms with van der Waals surface area (Å²) in [5.74, 6) is -0.264. The molecule has 0 fully saturated rings. The third-order valence-electron chi connectivity index (χ3n) is 4.27. The fraction of sp³-hybridized carbons (Fsp3) is 0.471. The maximum Gasteiger partial charge on any atom is 0.143 e. The van der Waals surface area contributed by atoms with E-state index in [0.717, 1.165) is 30.9 Å². The molecular formula is C17H22FN3S. The van der Waals surface area contributed by atoms with Crippen LogP contribution in [0, 0.1) is 5.82 Å². The predicted molar refractivity (Wildman–Crippen MR) is 90.2 cm³/mol. The van der Waals surface area contributed by atoms with Crippen LogP contribution in [0.25, 0.3) is 0 Å². The molecule has 118 valence electrons. The van der Waals surface area contributed by atoms with Gasteiger partial charge in [-0.2, -0.15) is 0 Å². The van der Waals surface area contributed by atoms with Crippen molar-refractivity contribution in [1.82, 2.24) is 10.3 Å². The van der Waals surface area contributed by atoms with Gasteiger partial charge in [0.1, 0.15) is 5.82 Å². The molecule has 22 heavy (non-hydrogen) atoms. The van der Waals surface area contributed by atoms with Crippen LogP contribution in [-0.4, -0.2) is 25.1 Å². The van der Waals surface area contributed by atoms with Crippen molar-refractivity contribution in [2.24, 2.45) is 0 Å². The Morgan fingerprint density at radius 1 is 1.50 bits per heavy atom. The summed E-state index contributed by atoms with van der Waals surface area (Å²) in [5, 5.41) is 5.33. The van der Waals surface area contributed by atoms with Gasteiger partial charge >= 0.3 is 0 Å². The second-order valence-electron chi connectivity index (χ2n) is 6.46. The molecule has 0 radical (unpaired) electrons. The minimum Gasteiger partial charge on any atom is -0.361 e. The zero-order chi connectivity index (χ0) is 15.7. The van der Waals surface area contributed by atoms with Crippen molar-refractivity contribution in [2.45, 2.75) is 31.7 Å². The van der Waals surface area contributed by atoms with Gasteiger partial charge in [-0.1, -0.05) is 19.9 Å². The van der Waals surface area contributed by atoms with E-state index in [2.05, 4.69) is 46.6 Å². The molecule has 1 aliphatic rings. The van der Waals surface area contributed by atoms with E-state index in [9.17, 15) is 4.39 Å². The lowest BCUT2D eigenvalue weighted by Gasteiger charge is -2.31. The molecule has 2 aromatic heterocycles. The molecule has 3 heterocycles. The summed E-state index contributed by atoms with van der Waals surface area (Å²) < 4.78 is 13.7. The molecule has 3 rings (SSSR count). The SMILES string of the molecule is CNCC[C@H](c1cccs1)N1CC(C)(C)c2ncc(F)cc21. The molecular weight excluding hydrogens is 297 g/mol. The maximum atomic E-state index is 13.7. The van der Waals surface area contributed by atoms with E-state index >= 15 is 0 Å². The number of anilines is 1. The van der Waals surface area contributed by atoms with E-state index in [4.69, 9.17) is 0 Å². The fourth-order valence-corrected chi connectivity index (χ4v) is 4.12. The van der Waals surface area contributed by atoms with Crippen LogP contribution in [0.2, 0.25) is 0 Å². The van der Waals surface area contributed by atoms with Crippen LogP contribution >= 0.6 is 11.3 Å². The highest BCUT2D eigenvalue weighted by atomic mass is 32.1. The van der Waals surface area contributed by atoms with E-state index in [1.165, 1.54) is 11.1 Å². The van der Waals surface area contributed by atoms with Gasteiger partial charge in [0.15, 0.2) is 0 Å². The van der Waals surface area contributed by atoms with Gasteiger partial charge in [-0.3, -0.25) is 4.98 Å². The van der Waals surface area contributed by atoms with Crippen molar-refractivity contribution >= 4 is 17.0 Å². The van der Waals surface area contributed by atoms with Crippen LogP contribution in [-0.2, 0) is 5.41 Å². The monoisotopic (exact) mass is 319 g/mol. The van der Waals surface area contributed by atoms with Crippen LogP contribution in [0.5, 0.6) is 0 Å². The normalized spacial score (nSPS) is 17.5. The van der Waals surface area contributed by atoms with Crippen LogP contribution in [0.3, 0.4) is 0 Å². The maximum absolute atomic E-state index is 13.7. The number of pyridine rings is 1. The summed E-state index contributed by atoms with van der Waals surface area (Å²) in [4.78, 5) is 8.03. The second-order valence-corrected chi connectivity index (χ2v) is 7.44. The van der Waals surface area contributed by atoms with Gasteiger partial charge in [0.25, 0.3) is 0 Å². The molecule has 1 aliphatic heterocycles. The molecule has 3 nitrogen and oxygen atoms in total. The highest BCUT2D eigenvalue weighted by molar-refractivity contribution is 7.10. The van der Waals surface area contributed by atoms with Crippen molar-refractivity contribution in [2.75, 3.05) is 25.0 Å². The predicted octanol–water partition coefficient (Wildman–Crippen LogP) is 3.73. The fourth-order valence-electron chi connectivity index (χ4n) is 3.25. The van der Waals surface area contributed by atoms with E-state index in [0.29, 0.717) is 0 Å². The van der Waals surface area contributed by atoms with Gasteiger partial charge in [0, 0.05) is 22.9 Å². The Hall–Kier alpha value is -1.46. The Morgan fingerprint density at radius 2 is 2.32 bits per heavy atom. The summed E-state index contributed by atoms with van der Waals surface area (Å²) in [7, 11) is 1.97. The summed E-state index contributed by atoms with van der Waals surface area (Å²) in [6, 6.07) is 6.15. The first-order chi connectivity index (χ1) is 10.5. The summed E-state index contributed by atoms with van der Waals surface area (Å²) >= 11 is 1.76. The van der Waals surface area contributed by atoms with Crippen molar-refractivity contribution in [3.63, 3.8) is 0 Å². The lowest BCUT2D eigenvalue weighted by Crippen LogP contribution is -2.33. The standard InChI is InChI=1S/C17H22FN3S/c1-17(2)11-21(14-9-12(18)10-20-16(14)17)13(6-7-19-3)15-5-4-8-22-15/h4-5,8-10,13,19H,6-7,11H2,1-3H3/t13-/m1/s1. The van der Waals surface area contributed by atoms with Crippen LogP contribution in [0.4, 0.5) is 10.1 Å². The lowest BCUT2D eigenvalue weighted by molar-refractivity contribution is 0.494. The smallest absolute Gasteiger partial charge is 0.143 e. The Balaban J connectivity index is 2.01. The Morgan fingerprint density at radius 3 is 3.00 bits per heavy atom. The first-order valence-electron chi connectivity index (χ1n) is 7.63. The minimum atomic E-state index is -0.264. The van der Waals surface area contributed by atoms with E-state index in [1.807, 2.05) is 7.05 Å². The molecule has 0 aromatic carbocycles. The zero-order valence-corrected chi connectivity index (χ0v) is 14.1. The van der Waals surface area contributed by atoms with E-state index in [1.54, 1.807) is 17.4 Å². The molecule has 0 amide bonds. The van der Waals surface area contributed by atoms with E-state index in [-0.39, 0.29) is 17.3 Å². The molecule has 5 heteroatoms. The number of hydrogen-bond donors (Lipinski definition) is 1. The summed E-state index contributed by atoms with van der Waals surface area (Å²) in [6.07, 6.45) is 2.32. The van der Waals surface area contributed by atoms with Crippen molar-refractivity contribution in [1.29, 1.82) is 0 Å². The molecule has 1 N–H and O–H groups in total. The van der Waals surface area contributed by atoms with Crippen molar-refractivity contribution in [3.05, 3.63) is 46.2 Å². The van der Waals surface area contributed by atoms with Crippen LogP contribution < -0.4 is 10.2 Å². The molecule has 1 atom stereocenters. The number of nitrogens with zero attached hydrogens (tertiary/aromatic N) is 2. The summed E-state index contributed by atoms with van der Waals surface area (Å²) in [5.41, 5.74) is 1.89. The third-order valence-corrected chi connectivity index (χ3v) is 5.24. The minimum absolute atomic E-state index is 0.0574. The Labute approximate surface area is 135 Å². The average molecular weight is 319 g/mol. The van der Waals surface area contributed by atoms with Gasteiger partial charge in [-0.25, -0.2) is 4.39 Å². The summed E-state index contributed by atoms with van der Waals surface area (Å²) in [6.45, 7) is 6.16. The zero-order valence-electron chi connectivity index (χ0n) is 13.3. The van der Waals surface area contributed by atoms with Crippen LogP contribution in [0.1, 0.15) is 36.9 Å². The molecule has 2 aromatic rings. The van der Waals surface area contributed by atoms with E-state index < -0.39 is 0 Å². The van der Waals surface area contributed by atoms with Gasteiger partial charge in [0.2, 0.25) is 0 Å². The van der Waals surface area contributed by atoms with Gasteiger partial charge in [-0.05, 0) is 31.5 Å². The number of aromatic nitrogens is 1. The highest BCUT2D eigenvalue weighted by Crippen LogP contribution is 2.44. The molecule has 0 aliphatic carbocycles. The second kappa shape index (κ2) is 5.97. The lowest BCUT2D eigenvalue weighted by atomic mass is 9.91. The largest absolute Gasteiger partial charge is 0.361 e. The van der Waals surface area contributed by atoms with Gasteiger partial charge in [0.05, 0.1) is 23.6 Å². The molecule has 0 saturated carbocycles.